The summed E-state index contributed by atoms with van der Waals surface area (Å²) in [5.41, 5.74) is 6.53. The van der Waals surface area contributed by atoms with Crippen LogP contribution in [0.15, 0.2) is 41.1 Å². The first kappa shape index (κ1) is 17.0. The van der Waals surface area contributed by atoms with Crippen LogP contribution >= 0.6 is 0 Å². The summed E-state index contributed by atoms with van der Waals surface area (Å²) in [5, 5.41) is 29.7. The number of ether oxygens (including phenoxy) is 2. The van der Waals surface area contributed by atoms with E-state index in [0.717, 1.165) is 11.1 Å². The minimum atomic E-state index is -1.63. The van der Waals surface area contributed by atoms with Crippen molar-refractivity contribution in [2.24, 2.45) is 17.1 Å². The van der Waals surface area contributed by atoms with E-state index in [4.69, 9.17) is 15.2 Å². The van der Waals surface area contributed by atoms with Crippen LogP contribution in [0.2, 0.25) is 0 Å². The van der Waals surface area contributed by atoms with Gasteiger partial charge in [-0.3, -0.25) is 0 Å². The Morgan fingerprint density at radius 2 is 1.93 bits per heavy atom. The molecule has 1 aromatic carbocycles. The molecule has 27 heavy (non-hydrogen) atoms. The molecule has 2 atom stereocenters. The van der Waals surface area contributed by atoms with Crippen molar-refractivity contribution in [2.75, 3.05) is 26.9 Å². The highest BCUT2D eigenvalue weighted by Crippen LogP contribution is 2.54. The van der Waals surface area contributed by atoms with Gasteiger partial charge in [-0.05, 0) is 30.3 Å². The molecule has 0 bridgehead atoms. The van der Waals surface area contributed by atoms with Crippen molar-refractivity contribution < 1.29 is 9.47 Å². The standard InChI is InChI=1S/C20H17N5O2/c1-25-5-4-13-14(7-21)19(24)20(9-22,10-23)18(15(13)8-25)12-2-3-16-17(6-12)27-11-26-16/h2-4,6,15,18H,5,8,11,24H2,1H3/t15-,18-/m1/s1. The van der Waals surface area contributed by atoms with Crippen molar-refractivity contribution >= 4 is 0 Å². The fourth-order valence-electron chi connectivity index (χ4n) is 4.31. The number of hydrogen-bond acceptors (Lipinski definition) is 7. The van der Waals surface area contributed by atoms with Crippen LogP contribution in [0.25, 0.3) is 0 Å². The van der Waals surface area contributed by atoms with Crippen LogP contribution in [0.5, 0.6) is 11.5 Å². The summed E-state index contributed by atoms with van der Waals surface area (Å²) in [6.45, 7) is 1.45. The topological polar surface area (TPSA) is 119 Å². The van der Waals surface area contributed by atoms with Gasteiger partial charge in [0.25, 0.3) is 0 Å². The molecule has 7 heteroatoms. The number of allylic oxidation sites excluding steroid dienone is 2. The molecule has 0 fully saturated rings. The van der Waals surface area contributed by atoms with Crippen molar-refractivity contribution in [3.63, 3.8) is 0 Å². The molecule has 1 aromatic rings. The second-order valence-corrected chi connectivity index (χ2v) is 7.01. The fraction of sp³-hybridized carbons (Fsp3) is 0.350. The molecule has 0 amide bonds. The fourth-order valence-corrected chi connectivity index (χ4v) is 4.31. The van der Waals surface area contributed by atoms with Crippen LogP contribution in [0.1, 0.15) is 11.5 Å². The molecule has 0 saturated heterocycles. The van der Waals surface area contributed by atoms with E-state index in [1.807, 2.05) is 25.3 Å². The molecule has 2 N–H and O–H groups in total. The Balaban J connectivity index is 1.98. The van der Waals surface area contributed by atoms with Crippen molar-refractivity contribution in [3.8, 4) is 29.7 Å². The number of nitrogens with two attached hydrogens (primary N) is 1. The van der Waals surface area contributed by atoms with E-state index in [2.05, 4.69) is 23.1 Å². The van der Waals surface area contributed by atoms with Gasteiger partial charge in [0, 0.05) is 24.9 Å². The number of fused-ring (bicyclic) bond motifs is 2. The summed E-state index contributed by atoms with van der Waals surface area (Å²) in [5.74, 6) is 0.492. The monoisotopic (exact) mass is 359 g/mol. The van der Waals surface area contributed by atoms with E-state index in [0.29, 0.717) is 24.6 Å². The summed E-state index contributed by atoms with van der Waals surface area (Å²) < 4.78 is 10.9. The Morgan fingerprint density at radius 3 is 2.63 bits per heavy atom. The summed E-state index contributed by atoms with van der Waals surface area (Å²) in [6, 6.07) is 11.8. The van der Waals surface area contributed by atoms with Crippen molar-refractivity contribution in [3.05, 3.63) is 46.7 Å². The number of likely N-dealkylation sites (N-methyl/N-ethyl adjacent to an activating group) is 1. The molecule has 0 saturated carbocycles. The van der Waals surface area contributed by atoms with Crippen LogP contribution < -0.4 is 15.2 Å². The number of hydrogen-bond donors (Lipinski definition) is 1. The highest BCUT2D eigenvalue weighted by Gasteiger charge is 2.54. The molecule has 0 unspecified atom stereocenters. The van der Waals surface area contributed by atoms with Gasteiger partial charge >= 0.3 is 0 Å². The lowest BCUT2D eigenvalue weighted by atomic mass is 9.58. The van der Waals surface area contributed by atoms with E-state index >= 15 is 0 Å². The smallest absolute Gasteiger partial charge is 0.231 e. The summed E-state index contributed by atoms with van der Waals surface area (Å²) in [4.78, 5) is 2.10. The average molecular weight is 359 g/mol. The van der Waals surface area contributed by atoms with Crippen LogP contribution in [0.3, 0.4) is 0 Å². The van der Waals surface area contributed by atoms with E-state index < -0.39 is 11.3 Å². The zero-order valence-electron chi connectivity index (χ0n) is 14.8. The molecule has 4 rings (SSSR count). The number of nitrogens with zero attached hydrogens (tertiary/aromatic N) is 4. The van der Waals surface area contributed by atoms with Crippen molar-refractivity contribution in [1.82, 2.24) is 4.90 Å². The molecule has 2 heterocycles. The molecular formula is C20H17N5O2. The second-order valence-electron chi connectivity index (χ2n) is 7.01. The quantitative estimate of drug-likeness (QED) is 0.811. The van der Waals surface area contributed by atoms with Gasteiger partial charge in [-0.15, -0.1) is 0 Å². The Morgan fingerprint density at radius 1 is 1.19 bits per heavy atom. The van der Waals surface area contributed by atoms with Gasteiger partial charge in [-0.1, -0.05) is 12.1 Å². The molecular weight excluding hydrogens is 342 g/mol. The van der Waals surface area contributed by atoms with Gasteiger partial charge in [0.2, 0.25) is 6.79 Å². The summed E-state index contributed by atoms with van der Waals surface area (Å²) in [6.07, 6.45) is 1.97. The Bertz CT molecular complexity index is 991. The molecule has 0 aromatic heterocycles. The lowest BCUT2D eigenvalue weighted by Crippen LogP contribution is -2.47. The molecule has 3 aliphatic rings. The largest absolute Gasteiger partial charge is 0.454 e. The van der Waals surface area contributed by atoms with E-state index in [1.165, 1.54) is 0 Å². The van der Waals surface area contributed by atoms with Gasteiger partial charge in [0.05, 0.1) is 23.4 Å². The molecule has 0 radical (unpaired) electrons. The lowest BCUT2D eigenvalue weighted by molar-refractivity contribution is 0.174. The van der Waals surface area contributed by atoms with Crippen LogP contribution in [-0.4, -0.2) is 31.8 Å². The number of benzene rings is 1. The number of nitriles is 3. The van der Waals surface area contributed by atoms with Gasteiger partial charge in [-0.2, -0.15) is 15.8 Å². The average Bonchev–Trinajstić information content (AvgIpc) is 3.15. The number of rotatable bonds is 1. The highest BCUT2D eigenvalue weighted by molar-refractivity contribution is 5.60. The summed E-state index contributed by atoms with van der Waals surface area (Å²) in [7, 11) is 1.97. The normalized spacial score (nSPS) is 25.6. The molecule has 1 aliphatic carbocycles. The van der Waals surface area contributed by atoms with E-state index in [-0.39, 0.29) is 24.0 Å². The molecule has 2 aliphatic heterocycles. The third kappa shape index (κ3) is 2.28. The Labute approximate surface area is 157 Å². The van der Waals surface area contributed by atoms with Gasteiger partial charge in [0.1, 0.15) is 6.07 Å². The summed E-state index contributed by atoms with van der Waals surface area (Å²) >= 11 is 0. The predicted molar refractivity (Wildman–Crippen MR) is 94.9 cm³/mol. The first-order chi connectivity index (χ1) is 13.1. The maximum Gasteiger partial charge on any atom is 0.231 e. The maximum absolute atomic E-state index is 10.0. The van der Waals surface area contributed by atoms with Gasteiger partial charge in [-0.25, -0.2) is 0 Å². The van der Waals surface area contributed by atoms with E-state index in [9.17, 15) is 15.8 Å². The highest BCUT2D eigenvalue weighted by atomic mass is 16.7. The molecule has 7 nitrogen and oxygen atoms in total. The third-order valence-electron chi connectivity index (χ3n) is 5.60. The molecule has 134 valence electrons. The SMILES string of the molecule is CN1CC=C2C(C#N)=C(N)C(C#N)(C#N)[C@H](c3ccc4c(c3)OCO4)[C@@H]2C1. The minimum absolute atomic E-state index is 0.0321. The second kappa shape index (κ2) is 6.06. The van der Waals surface area contributed by atoms with E-state index in [1.54, 1.807) is 6.07 Å². The molecule has 0 spiro atoms. The van der Waals surface area contributed by atoms with Crippen molar-refractivity contribution in [1.29, 1.82) is 15.8 Å². The van der Waals surface area contributed by atoms with Crippen LogP contribution in [-0.2, 0) is 0 Å². The van der Waals surface area contributed by atoms with Gasteiger partial charge < -0.3 is 20.1 Å². The predicted octanol–water partition coefficient (Wildman–Crippen LogP) is 1.77. The minimum Gasteiger partial charge on any atom is -0.454 e. The Kier molecular flexibility index (Phi) is 3.81. The third-order valence-corrected chi connectivity index (χ3v) is 5.60. The first-order valence-corrected chi connectivity index (χ1v) is 8.57. The first-order valence-electron chi connectivity index (χ1n) is 8.57. The van der Waals surface area contributed by atoms with Gasteiger partial charge in [0.15, 0.2) is 16.9 Å². The van der Waals surface area contributed by atoms with Crippen LogP contribution in [0, 0.1) is 45.3 Å². The van der Waals surface area contributed by atoms with Crippen molar-refractivity contribution in [2.45, 2.75) is 5.92 Å². The van der Waals surface area contributed by atoms with Crippen LogP contribution in [0.4, 0.5) is 0 Å². The zero-order chi connectivity index (χ0) is 19.2. The zero-order valence-corrected chi connectivity index (χ0v) is 14.8. The lowest BCUT2D eigenvalue weighted by Gasteiger charge is -2.45. The maximum atomic E-state index is 10.0. The Hall–Kier alpha value is -3.47.